The molecule has 0 aliphatic heterocycles. The van der Waals surface area contributed by atoms with Gasteiger partial charge in [-0.1, -0.05) is 31.6 Å². The van der Waals surface area contributed by atoms with E-state index < -0.39 is 8.07 Å². The van der Waals surface area contributed by atoms with Crippen LogP contribution in [0, 0.1) is 11.5 Å². The quantitative estimate of drug-likeness (QED) is 0.626. The molecule has 0 saturated carbocycles. The first kappa shape index (κ1) is 12.7. The van der Waals surface area contributed by atoms with Crippen molar-refractivity contribution in [2.24, 2.45) is 0 Å². The Bertz CT molecular complexity index is 421. The smallest absolute Gasteiger partial charge is 0.129 e. The Morgan fingerprint density at radius 2 is 2.19 bits per heavy atom. The predicted molar refractivity (Wildman–Crippen MR) is 70.4 cm³/mol. The number of hydrogen-bond donors (Lipinski definition) is 1. The topological polar surface area (TPSA) is 33.1 Å². The van der Waals surface area contributed by atoms with Crippen LogP contribution in [0.25, 0.3) is 5.57 Å². The fourth-order valence-corrected chi connectivity index (χ4v) is 1.60. The van der Waals surface area contributed by atoms with Gasteiger partial charge in [0.25, 0.3) is 0 Å². The average Bonchev–Trinajstić information content (AvgIpc) is 2.24. The summed E-state index contributed by atoms with van der Waals surface area (Å²) in [5.74, 6) is 3.13. The summed E-state index contributed by atoms with van der Waals surface area (Å²) in [5, 5.41) is 8.97. The molecule has 1 N–H and O–H groups in total. The molecular weight excluding hydrogens is 214 g/mol. The highest BCUT2D eigenvalue weighted by molar-refractivity contribution is 6.84. The van der Waals surface area contributed by atoms with Crippen LogP contribution in [0.2, 0.25) is 19.6 Å². The van der Waals surface area contributed by atoms with Crippen LogP contribution in [0.1, 0.15) is 5.69 Å². The molecule has 0 radical (unpaired) electrons. The van der Waals surface area contributed by atoms with Gasteiger partial charge >= 0.3 is 0 Å². The third kappa shape index (κ3) is 4.43. The zero-order valence-corrected chi connectivity index (χ0v) is 11.0. The van der Waals surface area contributed by atoms with E-state index in [0.29, 0.717) is 0 Å². The molecular formula is C13H17NOSi. The van der Waals surface area contributed by atoms with Gasteiger partial charge in [-0.05, 0) is 18.2 Å². The molecule has 0 fully saturated rings. The molecule has 0 unspecified atom stereocenters. The van der Waals surface area contributed by atoms with Gasteiger partial charge in [-0.15, -0.1) is 5.54 Å². The van der Waals surface area contributed by atoms with E-state index in [0.717, 1.165) is 11.3 Å². The number of hydrogen-bond acceptors (Lipinski definition) is 2. The number of aromatic nitrogens is 1. The van der Waals surface area contributed by atoms with Crippen molar-refractivity contribution in [1.29, 1.82) is 0 Å². The van der Waals surface area contributed by atoms with E-state index in [2.05, 4.69) is 36.1 Å². The van der Waals surface area contributed by atoms with Gasteiger partial charge in [0.1, 0.15) is 8.07 Å². The maximum absolute atomic E-state index is 8.97. The Hall–Kier alpha value is -1.37. The summed E-state index contributed by atoms with van der Waals surface area (Å²) in [6.07, 6.45) is 3.44. The second-order valence-corrected chi connectivity index (χ2v) is 9.27. The molecule has 0 aromatic carbocycles. The lowest BCUT2D eigenvalue weighted by molar-refractivity contribution is 0.343. The minimum atomic E-state index is -1.39. The summed E-state index contributed by atoms with van der Waals surface area (Å²) in [4.78, 5) is 4.23. The monoisotopic (exact) mass is 231 g/mol. The predicted octanol–water partition coefficient (Wildman–Crippen LogP) is 2.34. The molecule has 2 nitrogen and oxygen atoms in total. The normalized spacial score (nSPS) is 11.9. The second kappa shape index (κ2) is 5.64. The summed E-state index contributed by atoms with van der Waals surface area (Å²) < 4.78 is 0. The first-order valence-electron chi connectivity index (χ1n) is 5.28. The largest absolute Gasteiger partial charge is 0.392 e. The lowest BCUT2D eigenvalue weighted by atomic mass is 10.2. The third-order valence-corrected chi connectivity index (χ3v) is 2.68. The average molecular weight is 231 g/mol. The highest BCUT2D eigenvalue weighted by Crippen LogP contribution is 2.10. The van der Waals surface area contributed by atoms with Crippen LogP contribution in [0.5, 0.6) is 0 Å². The molecule has 3 heteroatoms. The number of pyridine rings is 1. The first-order chi connectivity index (χ1) is 7.53. The molecule has 0 aliphatic rings. The Balaban J connectivity index is 3.02. The summed E-state index contributed by atoms with van der Waals surface area (Å²) >= 11 is 0. The van der Waals surface area contributed by atoms with Gasteiger partial charge in [0.15, 0.2) is 0 Å². The summed E-state index contributed by atoms with van der Waals surface area (Å²) in [6, 6.07) is 5.69. The fraction of sp³-hybridized carbons (Fsp3) is 0.308. The van der Waals surface area contributed by atoms with Gasteiger partial charge in [-0.2, -0.15) is 0 Å². The van der Waals surface area contributed by atoms with Crippen molar-refractivity contribution in [3.8, 4) is 11.5 Å². The van der Waals surface area contributed by atoms with Crippen molar-refractivity contribution < 1.29 is 5.11 Å². The Morgan fingerprint density at radius 1 is 1.44 bits per heavy atom. The summed E-state index contributed by atoms with van der Waals surface area (Å²) in [5.41, 5.74) is 4.91. The Kier molecular flexibility index (Phi) is 4.48. The highest BCUT2D eigenvalue weighted by atomic mass is 28.3. The van der Waals surface area contributed by atoms with Crippen molar-refractivity contribution in [2.75, 3.05) is 6.61 Å². The maximum Gasteiger partial charge on any atom is 0.129 e. The van der Waals surface area contributed by atoms with Crippen LogP contribution in [0.15, 0.2) is 30.5 Å². The van der Waals surface area contributed by atoms with Gasteiger partial charge in [0.05, 0.1) is 12.3 Å². The molecule has 1 aromatic heterocycles. The van der Waals surface area contributed by atoms with E-state index in [1.165, 1.54) is 0 Å². The van der Waals surface area contributed by atoms with Crippen LogP contribution in [0.3, 0.4) is 0 Å². The standard InChI is InChI=1S/C13H17NOSi/c1-16(2,3)11-8-12(7-10-15)13-6-4-5-9-14-13/h4-7,9,15H,10H2,1-3H3/b12-7-. The molecule has 16 heavy (non-hydrogen) atoms. The van der Waals surface area contributed by atoms with E-state index >= 15 is 0 Å². The van der Waals surface area contributed by atoms with Crippen molar-refractivity contribution in [3.05, 3.63) is 36.2 Å². The zero-order valence-electron chi connectivity index (χ0n) is 9.99. The van der Waals surface area contributed by atoms with Crippen LogP contribution < -0.4 is 0 Å². The minimum Gasteiger partial charge on any atom is -0.392 e. The van der Waals surface area contributed by atoms with E-state index in [1.54, 1.807) is 12.3 Å². The van der Waals surface area contributed by atoms with Gasteiger partial charge in [-0.25, -0.2) is 0 Å². The molecule has 0 spiro atoms. The molecule has 1 rings (SSSR count). The molecule has 0 saturated heterocycles. The molecule has 1 heterocycles. The number of allylic oxidation sites excluding steroid dienone is 1. The third-order valence-electron chi connectivity index (χ3n) is 1.81. The molecule has 1 aromatic rings. The van der Waals surface area contributed by atoms with E-state index in [1.807, 2.05) is 18.2 Å². The number of rotatable bonds is 2. The lowest BCUT2D eigenvalue weighted by Crippen LogP contribution is -2.16. The lowest BCUT2D eigenvalue weighted by Gasteiger charge is -2.04. The van der Waals surface area contributed by atoms with Crippen LogP contribution in [-0.2, 0) is 0 Å². The van der Waals surface area contributed by atoms with Crippen molar-refractivity contribution >= 4 is 13.6 Å². The molecule has 0 aliphatic carbocycles. The number of nitrogens with zero attached hydrogens (tertiary/aromatic N) is 1. The Morgan fingerprint density at radius 3 is 2.69 bits per heavy atom. The van der Waals surface area contributed by atoms with Gasteiger partial charge in [-0.3, -0.25) is 4.98 Å². The van der Waals surface area contributed by atoms with Gasteiger partial charge < -0.3 is 5.11 Å². The van der Waals surface area contributed by atoms with E-state index in [9.17, 15) is 0 Å². The van der Waals surface area contributed by atoms with Crippen molar-refractivity contribution in [1.82, 2.24) is 4.98 Å². The fourth-order valence-electron chi connectivity index (χ4n) is 1.09. The molecule has 0 atom stereocenters. The Labute approximate surface area is 98.1 Å². The summed E-state index contributed by atoms with van der Waals surface area (Å²) in [6.45, 7) is 6.56. The number of aliphatic hydroxyl groups is 1. The second-order valence-electron chi connectivity index (χ2n) is 4.52. The molecule has 0 amide bonds. The maximum atomic E-state index is 8.97. The minimum absolute atomic E-state index is 0.00765. The zero-order chi connectivity index (χ0) is 12.0. The highest BCUT2D eigenvalue weighted by Gasteiger charge is 2.08. The van der Waals surface area contributed by atoms with Crippen LogP contribution in [-0.4, -0.2) is 24.8 Å². The van der Waals surface area contributed by atoms with Crippen molar-refractivity contribution in [3.63, 3.8) is 0 Å². The van der Waals surface area contributed by atoms with Gasteiger partial charge in [0.2, 0.25) is 0 Å². The van der Waals surface area contributed by atoms with E-state index in [4.69, 9.17) is 5.11 Å². The molecule has 84 valence electrons. The SMILES string of the molecule is C[Si](C)(C)C#C/C(=C/CO)c1ccccn1. The number of aliphatic hydroxyl groups excluding tert-OH is 1. The molecule has 0 bridgehead atoms. The van der Waals surface area contributed by atoms with Crippen LogP contribution >= 0.6 is 0 Å². The van der Waals surface area contributed by atoms with Gasteiger partial charge in [0, 0.05) is 11.8 Å². The first-order valence-corrected chi connectivity index (χ1v) is 8.78. The van der Waals surface area contributed by atoms with Crippen molar-refractivity contribution in [2.45, 2.75) is 19.6 Å². The summed E-state index contributed by atoms with van der Waals surface area (Å²) in [7, 11) is -1.39. The van der Waals surface area contributed by atoms with E-state index in [-0.39, 0.29) is 6.61 Å². The van der Waals surface area contributed by atoms with Crippen LogP contribution in [0.4, 0.5) is 0 Å².